The number of ether oxygens (including phenoxy) is 2. The van der Waals surface area contributed by atoms with Gasteiger partial charge in [0.15, 0.2) is 0 Å². The summed E-state index contributed by atoms with van der Waals surface area (Å²) in [6, 6.07) is 7.57. The Hall–Kier alpha value is -2.30. The van der Waals surface area contributed by atoms with Crippen LogP contribution in [0.25, 0.3) is 0 Å². The van der Waals surface area contributed by atoms with Crippen LogP contribution in [0.5, 0.6) is 11.5 Å². The molecule has 1 aromatic carbocycles. The summed E-state index contributed by atoms with van der Waals surface area (Å²) in [7, 11) is 3.29. The zero-order valence-corrected chi connectivity index (χ0v) is 12.5. The van der Waals surface area contributed by atoms with Crippen molar-refractivity contribution in [1.82, 2.24) is 9.97 Å². The largest absolute Gasteiger partial charge is 0.497 e. The van der Waals surface area contributed by atoms with Gasteiger partial charge < -0.3 is 14.8 Å². The van der Waals surface area contributed by atoms with Gasteiger partial charge in [-0.25, -0.2) is 9.97 Å². The summed E-state index contributed by atoms with van der Waals surface area (Å²) >= 11 is 0. The second kappa shape index (κ2) is 5.60. The number of hydrogen-bond acceptors (Lipinski definition) is 5. The minimum atomic E-state index is 0.526. The van der Waals surface area contributed by atoms with Gasteiger partial charge in [0, 0.05) is 23.7 Å². The Balaban J connectivity index is 1.92. The van der Waals surface area contributed by atoms with E-state index in [4.69, 9.17) is 9.47 Å². The number of aryl methyl sites for hydroxylation is 1. The zero-order valence-electron chi connectivity index (χ0n) is 12.5. The highest BCUT2D eigenvalue weighted by Crippen LogP contribution is 2.39. The summed E-state index contributed by atoms with van der Waals surface area (Å²) in [5.41, 5.74) is 1.80. The quantitative estimate of drug-likeness (QED) is 0.912. The van der Waals surface area contributed by atoms with Gasteiger partial charge in [0.1, 0.15) is 23.1 Å². The number of anilines is 2. The minimum absolute atomic E-state index is 0.526. The first kappa shape index (κ1) is 13.7. The van der Waals surface area contributed by atoms with Crippen LogP contribution in [0.2, 0.25) is 0 Å². The van der Waals surface area contributed by atoms with Crippen LogP contribution in [0.1, 0.15) is 30.3 Å². The predicted octanol–water partition coefficient (Wildman–Crippen LogP) is 3.42. The fourth-order valence-electron chi connectivity index (χ4n) is 2.23. The molecule has 1 saturated carbocycles. The fourth-order valence-corrected chi connectivity index (χ4v) is 2.23. The monoisotopic (exact) mass is 285 g/mol. The maximum Gasteiger partial charge on any atom is 0.142 e. The lowest BCUT2D eigenvalue weighted by Gasteiger charge is -2.13. The van der Waals surface area contributed by atoms with Crippen LogP contribution in [0.4, 0.5) is 11.5 Å². The topological polar surface area (TPSA) is 56.3 Å². The van der Waals surface area contributed by atoms with Crippen LogP contribution in [0.15, 0.2) is 24.3 Å². The van der Waals surface area contributed by atoms with Gasteiger partial charge in [0.05, 0.1) is 19.9 Å². The van der Waals surface area contributed by atoms with E-state index in [1.165, 1.54) is 12.8 Å². The second-order valence-corrected chi connectivity index (χ2v) is 5.22. The molecule has 5 nitrogen and oxygen atoms in total. The molecule has 0 spiro atoms. The molecular formula is C16H19N3O2. The van der Waals surface area contributed by atoms with Crippen LogP contribution in [0, 0.1) is 6.92 Å². The van der Waals surface area contributed by atoms with Crippen LogP contribution >= 0.6 is 0 Å². The molecule has 0 aliphatic heterocycles. The van der Waals surface area contributed by atoms with E-state index in [0.717, 1.165) is 34.5 Å². The van der Waals surface area contributed by atoms with Crippen molar-refractivity contribution < 1.29 is 9.47 Å². The first-order chi connectivity index (χ1) is 10.2. The van der Waals surface area contributed by atoms with Crippen LogP contribution in [-0.2, 0) is 0 Å². The van der Waals surface area contributed by atoms with E-state index in [-0.39, 0.29) is 0 Å². The first-order valence-electron chi connectivity index (χ1n) is 7.04. The lowest BCUT2D eigenvalue weighted by Crippen LogP contribution is -2.02. The molecule has 0 unspecified atom stereocenters. The summed E-state index contributed by atoms with van der Waals surface area (Å²) in [4.78, 5) is 9.11. The van der Waals surface area contributed by atoms with Crippen LogP contribution < -0.4 is 14.8 Å². The third-order valence-electron chi connectivity index (χ3n) is 3.48. The van der Waals surface area contributed by atoms with Gasteiger partial charge in [-0.3, -0.25) is 0 Å². The van der Waals surface area contributed by atoms with Crippen LogP contribution in [0.3, 0.4) is 0 Å². The molecule has 0 amide bonds. The molecule has 1 heterocycles. The van der Waals surface area contributed by atoms with Gasteiger partial charge in [0.25, 0.3) is 0 Å². The summed E-state index contributed by atoms with van der Waals surface area (Å²) in [6.07, 6.45) is 2.37. The van der Waals surface area contributed by atoms with E-state index in [2.05, 4.69) is 15.3 Å². The average Bonchev–Trinajstić information content (AvgIpc) is 3.31. The maximum absolute atomic E-state index is 5.38. The van der Waals surface area contributed by atoms with E-state index < -0.39 is 0 Å². The number of nitrogens with one attached hydrogen (secondary N) is 1. The van der Waals surface area contributed by atoms with Gasteiger partial charge in [-0.1, -0.05) is 0 Å². The van der Waals surface area contributed by atoms with Crippen molar-refractivity contribution in [3.8, 4) is 11.5 Å². The smallest absolute Gasteiger partial charge is 0.142 e. The number of rotatable bonds is 5. The lowest BCUT2D eigenvalue weighted by molar-refractivity contribution is 0.405. The fraction of sp³-hybridized carbons (Fsp3) is 0.375. The molecular weight excluding hydrogens is 266 g/mol. The van der Waals surface area contributed by atoms with Crippen LogP contribution in [-0.4, -0.2) is 24.2 Å². The van der Waals surface area contributed by atoms with Gasteiger partial charge in [-0.15, -0.1) is 0 Å². The van der Waals surface area contributed by atoms with Crippen molar-refractivity contribution in [2.45, 2.75) is 25.7 Å². The average molecular weight is 285 g/mol. The lowest BCUT2D eigenvalue weighted by atomic mass is 10.2. The summed E-state index contributed by atoms with van der Waals surface area (Å²) in [5.74, 6) is 3.76. The molecule has 0 bridgehead atoms. The van der Waals surface area contributed by atoms with Crippen molar-refractivity contribution >= 4 is 11.5 Å². The summed E-state index contributed by atoms with van der Waals surface area (Å²) in [6.45, 7) is 1.99. The molecule has 1 aromatic heterocycles. The van der Waals surface area contributed by atoms with E-state index in [1.54, 1.807) is 14.2 Å². The molecule has 110 valence electrons. The van der Waals surface area contributed by atoms with Gasteiger partial charge in [-0.2, -0.15) is 0 Å². The van der Waals surface area contributed by atoms with Gasteiger partial charge >= 0.3 is 0 Å². The highest BCUT2D eigenvalue weighted by molar-refractivity contribution is 5.66. The number of benzene rings is 1. The Bertz CT molecular complexity index is 654. The first-order valence-corrected chi connectivity index (χ1v) is 7.04. The number of methoxy groups -OCH3 is 2. The third kappa shape index (κ3) is 3.07. The highest BCUT2D eigenvalue weighted by atomic mass is 16.5. The van der Waals surface area contributed by atoms with Crippen molar-refractivity contribution in [1.29, 1.82) is 0 Å². The Morgan fingerprint density at radius 1 is 1.10 bits per heavy atom. The van der Waals surface area contributed by atoms with Crippen molar-refractivity contribution in [2.75, 3.05) is 19.5 Å². The maximum atomic E-state index is 5.38. The molecule has 3 rings (SSSR count). The Kier molecular flexibility index (Phi) is 3.64. The SMILES string of the molecule is COc1ccc(OC)c(Nc2cc(C)nc(C3CC3)n2)c1. The molecule has 5 heteroatoms. The Morgan fingerprint density at radius 3 is 2.57 bits per heavy atom. The van der Waals surface area contributed by atoms with Gasteiger partial charge in [0.2, 0.25) is 0 Å². The third-order valence-corrected chi connectivity index (χ3v) is 3.48. The molecule has 0 radical (unpaired) electrons. The zero-order chi connectivity index (χ0) is 14.8. The van der Waals surface area contributed by atoms with E-state index in [1.807, 2.05) is 31.2 Å². The Labute approximate surface area is 124 Å². The van der Waals surface area contributed by atoms with Crippen molar-refractivity contribution in [3.63, 3.8) is 0 Å². The predicted molar refractivity (Wildman–Crippen MR) is 81.6 cm³/mol. The highest BCUT2D eigenvalue weighted by Gasteiger charge is 2.27. The Morgan fingerprint density at radius 2 is 1.90 bits per heavy atom. The number of nitrogens with zero attached hydrogens (tertiary/aromatic N) is 2. The molecule has 2 aromatic rings. The summed E-state index contributed by atoms with van der Waals surface area (Å²) < 4.78 is 10.6. The molecule has 1 aliphatic carbocycles. The van der Waals surface area contributed by atoms with E-state index in [9.17, 15) is 0 Å². The van der Waals surface area contributed by atoms with E-state index >= 15 is 0 Å². The molecule has 1 aliphatic rings. The summed E-state index contributed by atoms with van der Waals surface area (Å²) in [5, 5.41) is 3.31. The normalized spacial score (nSPS) is 13.9. The van der Waals surface area contributed by atoms with Crippen molar-refractivity contribution in [3.05, 3.63) is 35.8 Å². The van der Waals surface area contributed by atoms with E-state index in [0.29, 0.717) is 5.92 Å². The molecule has 21 heavy (non-hydrogen) atoms. The molecule has 1 N–H and O–H groups in total. The standard InChI is InChI=1S/C16H19N3O2/c1-10-8-15(19-16(17-10)11-4-5-11)18-13-9-12(20-2)6-7-14(13)21-3/h6-9,11H,4-5H2,1-3H3,(H,17,18,19). The molecule has 1 fully saturated rings. The number of hydrogen-bond donors (Lipinski definition) is 1. The minimum Gasteiger partial charge on any atom is -0.497 e. The number of aromatic nitrogens is 2. The molecule has 0 atom stereocenters. The van der Waals surface area contributed by atoms with Gasteiger partial charge in [-0.05, 0) is 31.9 Å². The molecule has 0 saturated heterocycles. The second-order valence-electron chi connectivity index (χ2n) is 5.22. The van der Waals surface area contributed by atoms with Crippen molar-refractivity contribution in [2.24, 2.45) is 0 Å².